The van der Waals surface area contributed by atoms with Gasteiger partial charge in [0.05, 0.1) is 11.6 Å². The van der Waals surface area contributed by atoms with Gasteiger partial charge in [-0.15, -0.1) is 0 Å². The van der Waals surface area contributed by atoms with Gasteiger partial charge in [0.15, 0.2) is 5.55 Å². The van der Waals surface area contributed by atoms with Gasteiger partial charge >= 0.3 is 0 Å². The molecule has 0 fully saturated rings. The summed E-state index contributed by atoms with van der Waals surface area (Å²) in [5, 5.41) is 9.01. The van der Waals surface area contributed by atoms with Crippen molar-refractivity contribution >= 4 is 29.4 Å². The van der Waals surface area contributed by atoms with Gasteiger partial charge in [0, 0.05) is 5.02 Å². The first-order valence-electron chi connectivity index (χ1n) is 5.56. The van der Waals surface area contributed by atoms with Crippen LogP contribution in [0.1, 0.15) is 19.4 Å². The van der Waals surface area contributed by atoms with Crippen molar-refractivity contribution in [2.75, 3.05) is 20.1 Å². The van der Waals surface area contributed by atoms with Crippen molar-refractivity contribution in [2.24, 2.45) is 0 Å². The molecular formula is C13H17ClN2OS. The van der Waals surface area contributed by atoms with Crippen molar-refractivity contribution < 1.29 is 4.74 Å². The first-order chi connectivity index (χ1) is 8.57. The molecule has 0 spiro atoms. The molecule has 1 aromatic carbocycles. The first-order valence-corrected chi connectivity index (χ1v) is 6.41. The second-order valence-corrected chi connectivity index (χ2v) is 4.12. The molecular weight excluding hydrogens is 268 g/mol. The average molecular weight is 285 g/mol. The number of ether oxygens (including phenoxy) is 1. The van der Waals surface area contributed by atoms with Crippen LogP contribution < -0.4 is 4.74 Å². The fourth-order valence-corrected chi connectivity index (χ4v) is 1.31. The Labute approximate surface area is 119 Å². The number of halogens is 1. The van der Waals surface area contributed by atoms with Crippen molar-refractivity contribution in [1.29, 1.82) is 5.26 Å². The number of rotatable bonds is 4. The summed E-state index contributed by atoms with van der Waals surface area (Å²) in [5.74, 6) is 0.481. The normalized spacial score (nSPS) is 9.11. The standard InChI is InChI=1S/C8H4ClNOS.C5H13N/c9-7-1-6(4-10)2-8(3-7)11-5-12;1-4-6(3)5-2/h1-3,5H;4-5H2,1-3H3. The van der Waals surface area contributed by atoms with E-state index in [1.54, 1.807) is 18.2 Å². The number of hydrogen-bond donors (Lipinski definition) is 0. The lowest BCUT2D eigenvalue weighted by molar-refractivity contribution is 0.373. The highest BCUT2D eigenvalue weighted by Crippen LogP contribution is 2.19. The Kier molecular flexibility index (Phi) is 9.21. The molecule has 0 aromatic heterocycles. The number of hydrogen-bond acceptors (Lipinski definition) is 4. The van der Waals surface area contributed by atoms with Crippen LogP contribution in [0.3, 0.4) is 0 Å². The summed E-state index contributed by atoms with van der Waals surface area (Å²) in [5.41, 5.74) is 1.57. The number of thiocarbonyl (C=S) groups is 1. The van der Waals surface area contributed by atoms with E-state index >= 15 is 0 Å². The highest BCUT2D eigenvalue weighted by molar-refractivity contribution is 7.78. The van der Waals surface area contributed by atoms with Gasteiger partial charge in [-0.3, -0.25) is 0 Å². The molecule has 0 saturated heterocycles. The van der Waals surface area contributed by atoms with Gasteiger partial charge in [-0.25, -0.2) is 0 Å². The van der Waals surface area contributed by atoms with Crippen LogP contribution in [0, 0.1) is 11.3 Å². The van der Waals surface area contributed by atoms with Crippen molar-refractivity contribution in [3.8, 4) is 11.8 Å². The van der Waals surface area contributed by atoms with E-state index in [1.165, 1.54) is 0 Å². The van der Waals surface area contributed by atoms with Crippen molar-refractivity contribution in [3.63, 3.8) is 0 Å². The maximum atomic E-state index is 8.55. The predicted molar refractivity (Wildman–Crippen MR) is 79.3 cm³/mol. The molecule has 0 N–H and O–H groups in total. The van der Waals surface area contributed by atoms with E-state index in [-0.39, 0.29) is 0 Å². The van der Waals surface area contributed by atoms with E-state index in [2.05, 4.69) is 38.0 Å². The highest BCUT2D eigenvalue weighted by Gasteiger charge is 1.98. The Bertz CT molecular complexity index is 414. The molecule has 98 valence electrons. The van der Waals surface area contributed by atoms with Crippen molar-refractivity contribution in [2.45, 2.75) is 13.8 Å². The SMILES string of the molecule is CCN(C)CC.N#Cc1cc(Cl)cc(OC=S)c1. The largest absolute Gasteiger partial charge is 0.454 e. The van der Waals surface area contributed by atoms with E-state index in [4.69, 9.17) is 21.6 Å². The monoisotopic (exact) mass is 284 g/mol. The van der Waals surface area contributed by atoms with Gasteiger partial charge in [-0.05, 0) is 50.6 Å². The van der Waals surface area contributed by atoms with Gasteiger partial charge in [0.2, 0.25) is 0 Å². The minimum absolute atomic E-state index is 0.453. The van der Waals surface area contributed by atoms with Crippen molar-refractivity contribution in [1.82, 2.24) is 4.90 Å². The zero-order chi connectivity index (χ0) is 14.0. The second kappa shape index (κ2) is 9.84. The number of nitrogens with zero attached hydrogens (tertiary/aromatic N) is 2. The smallest absolute Gasteiger partial charge is 0.154 e. The minimum atomic E-state index is 0.453. The number of nitriles is 1. The molecule has 0 aliphatic heterocycles. The molecule has 5 heteroatoms. The van der Waals surface area contributed by atoms with E-state index in [0.29, 0.717) is 16.3 Å². The fraction of sp³-hybridized carbons (Fsp3) is 0.385. The zero-order valence-electron chi connectivity index (χ0n) is 10.8. The summed E-state index contributed by atoms with van der Waals surface area (Å²) in [6, 6.07) is 6.66. The molecule has 0 aliphatic carbocycles. The molecule has 0 saturated carbocycles. The molecule has 0 unspecified atom stereocenters. The molecule has 0 bridgehead atoms. The van der Waals surface area contributed by atoms with E-state index in [9.17, 15) is 0 Å². The van der Waals surface area contributed by atoms with Gasteiger partial charge < -0.3 is 9.64 Å². The van der Waals surface area contributed by atoms with Crippen LogP contribution in [0.5, 0.6) is 5.75 Å². The quantitative estimate of drug-likeness (QED) is 0.793. The summed E-state index contributed by atoms with van der Waals surface area (Å²) in [6.07, 6.45) is 0. The molecule has 0 aliphatic rings. The van der Waals surface area contributed by atoms with Crippen LogP contribution in [-0.2, 0) is 0 Å². The van der Waals surface area contributed by atoms with Crippen molar-refractivity contribution in [3.05, 3.63) is 28.8 Å². The lowest BCUT2D eigenvalue weighted by Gasteiger charge is -2.07. The third-order valence-electron chi connectivity index (χ3n) is 2.26. The summed E-state index contributed by atoms with van der Waals surface area (Å²) >= 11 is 10.2. The van der Waals surface area contributed by atoms with Crippen LogP contribution >= 0.6 is 23.8 Å². The van der Waals surface area contributed by atoms with Crippen LogP contribution in [0.15, 0.2) is 18.2 Å². The summed E-state index contributed by atoms with van der Waals surface area (Å²) in [4.78, 5) is 2.25. The number of benzene rings is 1. The molecule has 1 rings (SSSR count). The summed E-state index contributed by atoms with van der Waals surface area (Å²) in [6.45, 7) is 6.64. The third-order valence-corrected chi connectivity index (χ3v) is 2.58. The third kappa shape index (κ3) is 7.23. The first kappa shape index (κ1) is 16.9. The minimum Gasteiger partial charge on any atom is -0.454 e. The second-order valence-electron chi connectivity index (χ2n) is 3.49. The van der Waals surface area contributed by atoms with Crippen LogP contribution in [0.4, 0.5) is 0 Å². The molecule has 1 aromatic rings. The van der Waals surface area contributed by atoms with Crippen LogP contribution in [0.25, 0.3) is 0 Å². The Balaban J connectivity index is 0.000000411. The average Bonchev–Trinajstić information content (AvgIpc) is 2.38. The maximum absolute atomic E-state index is 8.55. The Morgan fingerprint density at radius 1 is 1.39 bits per heavy atom. The van der Waals surface area contributed by atoms with Gasteiger partial charge in [-0.1, -0.05) is 25.4 Å². The molecule has 0 radical (unpaired) electrons. The highest BCUT2D eigenvalue weighted by atomic mass is 35.5. The molecule has 0 heterocycles. The van der Waals surface area contributed by atoms with E-state index in [1.807, 2.05) is 6.07 Å². The lowest BCUT2D eigenvalue weighted by atomic mass is 10.2. The van der Waals surface area contributed by atoms with E-state index < -0.39 is 0 Å². The van der Waals surface area contributed by atoms with Crippen LogP contribution in [-0.4, -0.2) is 30.6 Å². The lowest BCUT2D eigenvalue weighted by Crippen LogP contribution is -2.15. The molecule has 0 amide bonds. The molecule has 0 atom stereocenters. The molecule has 18 heavy (non-hydrogen) atoms. The molecule has 3 nitrogen and oxygen atoms in total. The Hall–Kier alpha value is -1.15. The van der Waals surface area contributed by atoms with Crippen LogP contribution in [0.2, 0.25) is 5.02 Å². The topological polar surface area (TPSA) is 36.3 Å². The summed E-state index contributed by atoms with van der Waals surface area (Å²) < 4.78 is 4.88. The van der Waals surface area contributed by atoms with Gasteiger partial charge in [0.25, 0.3) is 0 Å². The van der Waals surface area contributed by atoms with E-state index in [0.717, 1.165) is 18.6 Å². The summed E-state index contributed by atoms with van der Waals surface area (Å²) in [7, 11) is 2.11. The Morgan fingerprint density at radius 3 is 2.39 bits per heavy atom. The fourth-order valence-electron chi connectivity index (χ4n) is 0.974. The zero-order valence-corrected chi connectivity index (χ0v) is 12.4. The predicted octanol–water partition coefficient (Wildman–Crippen LogP) is 3.51. The van der Waals surface area contributed by atoms with Gasteiger partial charge in [-0.2, -0.15) is 5.26 Å². The maximum Gasteiger partial charge on any atom is 0.154 e. The van der Waals surface area contributed by atoms with Gasteiger partial charge in [0.1, 0.15) is 5.75 Å². The Morgan fingerprint density at radius 2 is 2.00 bits per heavy atom.